The molecule has 3 nitrogen and oxygen atoms in total. The Morgan fingerprint density at radius 1 is 1.17 bits per heavy atom. The summed E-state index contributed by atoms with van der Waals surface area (Å²) in [6.45, 7) is 1.95. The third-order valence-electron chi connectivity index (χ3n) is 1.86. The number of hydrogen-bond acceptors (Lipinski definition) is 3. The molecule has 1 aromatic carbocycles. The zero-order valence-corrected chi connectivity index (χ0v) is 7.20. The summed E-state index contributed by atoms with van der Waals surface area (Å²) in [5.41, 5.74) is 0.870. The Morgan fingerprint density at radius 2 is 1.67 bits per heavy atom. The van der Waals surface area contributed by atoms with E-state index in [1.807, 2.05) is 14.0 Å². The molecular weight excluding hydrogens is 154 g/mol. The topological polar surface area (TPSA) is 52.5 Å². The van der Waals surface area contributed by atoms with Gasteiger partial charge in [0.05, 0.1) is 0 Å². The normalized spacial score (nSPS) is 12.8. The van der Waals surface area contributed by atoms with Crippen molar-refractivity contribution in [1.29, 1.82) is 0 Å². The van der Waals surface area contributed by atoms with Crippen molar-refractivity contribution < 1.29 is 10.2 Å². The molecule has 0 aliphatic rings. The maximum absolute atomic E-state index is 9.15. The van der Waals surface area contributed by atoms with Gasteiger partial charge >= 0.3 is 0 Å². The van der Waals surface area contributed by atoms with Crippen LogP contribution < -0.4 is 5.32 Å². The first kappa shape index (κ1) is 8.87. The number of aromatic hydroxyl groups is 2. The fourth-order valence-corrected chi connectivity index (χ4v) is 1.03. The number of phenolic OH excluding ortho intramolecular Hbond substituents is 2. The fourth-order valence-electron chi connectivity index (χ4n) is 1.03. The van der Waals surface area contributed by atoms with Crippen LogP contribution in [0.4, 0.5) is 0 Å². The van der Waals surface area contributed by atoms with Gasteiger partial charge in [-0.3, -0.25) is 0 Å². The Kier molecular flexibility index (Phi) is 2.55. The minimum absolute atomic E-state index is 0.0899. The van der Waals surface area contributed by atoms with E-state index in [1.165, 1.54) is 6.07 Å². The van der Waals surface area contributed by atoms with Crippen molar-refractivity contribution in [2.24, 2.45) is 0 Å². The highest BCUT2D eigenvalue weighted by molar-refractivity contribution is 5.37. The Balaban J connectivity index is 3.00. The van der Waals surface area contributed by atoms with Gasteiger partial charge in [0, 0.05) is 12.1 Å². The predicted octanol–water partition coefficient (Wildman–Crippen LogP) is 1.38. The van der Waals surface area contributed by atoms with E-state index in [2.05, 4.69) is 5.32 Å². The molecule has 3 heteroatoms. The summed E-state index contributed by atoms with van der Waals surface area (Å²) in [7, 11) is 1.83. The lowest BCUT2D eigenvalue weighted by Crippen LogP contribution is -2.11. The van der Waals surface area contributed by atoms with E-state index in [4.69, 9.17) is 10.2 Å². The van der Waals surface area contributed by atoms with Crippen molar-refractivity contribution in [3.63, 3.8) is 0 Å². The molecule has 1 rings (SSSR count). The third-order valence-corrected chi connectivity index (χ3v) is 1.86. The van der Waals surface area contributed by atoms with Crippen molar-refractivity contribution in [1.82, 2.24) is 5.32 Å². The van der Waals surface area contributed by atoms with Crippen LogP contribution in [0.2, 0.25) is 0 Å². The van der Waals surface area contributed by atoms with Crippen molar-refractivity contribution >= 4 is 0 Å². The Morgan fingerprint density at radius 3 is 2.08 bits per heavy atom. The highest BCUT2D eigenvalue weighted by atomic mass is 16.3. The number of nitrogens with one attached hydrogen (secondary N) is 1. The summed E-state index contributed by atoms with van der Waals surface area (Å²) in [6.07, 6.45) is 0. The summed E-state index contributed by atoms with van der Waals surface area (Å²) in [5, 5.41) is 21.3. The lowest BCUT2D eigenvalue weighted by Gasteiger charge is -2.10. The molecule has 0 aliphatic heterocycles. The number of phenols is 2. The van der Waals surface area contributed by atoms with Crippen LogP contribution in [0, 0.1) is 0 Å². The van der Waals surface area contributed by atoms with E-state index < -0.39 is 0 Å². The molecule has 12 heavy (non-hydrogen) atoms. The molecule has 0 saturated heterocycles. The van der Waals surface area contributed by atoms with E-state index in [-0.39, 0.29) is 17.5 Å². The van der Waals surface area contributed by atoms with Crippen LogP contribution in [0.3, 0.4) is 0 Å². The largest absolute Gasteiger partial charge is 0.508 e. The molecule has 0 spiro atoms. The van der Waals surface area contributed by atoms with Crippen LogP contribution in [0.5, 0.6) is 11.5 Å². The average molecular weight is 167 g/mol. The Bertz CT molecular complexity index is 253. The molecule has 0 radical (unpaired) electrons. The second-order valence-corrected chi connectivity index (χ2v) is 2.79. The summed E-state index contributed by atoms with van der Waals surface area (Å²) < 4.78 is 0. The van der Waals surface area contributed by atoms with Crippen LogP contribution in [-0.4, -0.2) is 17.3 Å². The zero-order valence-electron chi connectivity index (χ0n) is 7.20. The van der Waals surface area contributed by atoms with Crippen LogP contribution in [0.1, 0.15) is 18.5 Å². The second kappa shape index (κ2) is 3.45. The second-order valence-electron chi connectivity index (χ2n) is 2.79. The van der Waals surface area contributed by atoms with E-state index in [0.717, 1.165) is 5.56 Å². The summed E-state index contributed by atoms with van der Waals surface area (Å²) in [5.74, 6) is 0.180. The van der Waals surface area contributed by atoms with Gasteiger partial charge in [-0.2, -0.15) is 0 Å². The quantitative estimate of drug-likeness (QED) is 0.623. The average Bonchev–Trinajstić information content (AvgIpc) is 2.01. The smallest absolute Gasteiger partial charge is 0.119 e. The molecule has 0 bridgehead atoms. The van der Waals surface area contributed by atoms with Gasteiger partial charge in [-0.1, -0.05) is 0 Å². The monoisotopic (exact) mass is 167 g/mol. The van der Waals surface area contributed by atoms with Gasteiger partial charge in [0.15, 0.2) is 0 Å². The summed E-state index contributed by atoms with van der Waals surface area (Å²) >= 11 is 0. The van der Waals surface area contributed by atoms with Crippen LogP contribution in [-0.2, 0) is 0 Å². The first-order valence-corrected chi connectivity index (χ1v) is 3.83. The van der Waals surface area contributed by atoms with Gasteiger partial charge in [-0.25, -0.2) is 0 Å². The van der Waals surface area contributed by atoms with E-state index >= 15 is 0 Å². The number of rotatable bonds is 2. The maximum Gasteiger partial charge on any atom is 0.119 e. The van der Waals surface area contributed by atoms with Gasteiger partial charge in [0.1, 0.15) is 11.5 Å². The highest BCUT2D eigenvalue weighted by Gasteiger charge is 2.04. The van der Waals surface area contributed by atoms with E-state index in [9.17, 15) is 0 Å². The lowest BCUT2D eigenvalue weighted by atomic mass is 10.1. The minimum Gasteiger partial charge on any atom is -0.508 e. The number of benzene rings is 1. The van der Waals surface area contributed by atoms with Gasteiger partial charge in [-0.15, -0.1) is 0 Å². The summed E-state index contributed by atoms with van der Waals surface area (Å²) in [6, 6.07) is 4.69. The first-order chi connectivity index (χ1) is 5.63. The SMILES string of the molecule is CN[C@H](C)c1cc(O)cc(O)c1. The van der Waals surface area contributed by atoms with Crippen molar-refractivity contribution in [2.75, 3.05) is 7.05 Å². The molecule has 66 valence electrons. The van der Waals surface area contributed by atoms with Crippen LogP contribution in [0.25, 0.3) is 0 Å². The summed E-state index contributed by atoms with van der Waals surface area (Å²) in [4.78, 5) is 0. The van der Waals surface area contributed by atoms with Gasteiger partial charge in [0.2, 0.25) is 0 Å². The highest BCUT2D eigenvalue weighted by Crippen LogP contribution is 2.24. The molecule has 0 heterocycles. The molecule has 0 aromatic heterocycles. The molecule has 0 aliphatic carbocycles. The molecule has 3 N–H and O–H groups in total. The van der Waals surface area contributed by atoms with Crippen molar-refractivity contribution in [3.8, 4) is 11.5 Å². The maximum atomic E-state index is 9.15. The van der Waals surface area contributed by atoms with Crippen LogP contribution >= 0.6 is 0 Å². The standard InChI is InChI=1S/C9H13NO2/c1-6(10-2)7-3-8(11)5-9(12)4-7/h3-6,10-12H,1-2H3/t6-/m1/s1. The molecule has 0 fully saturated rings. The molecule has 0 unspecified atom stereocenters. The molecule has 0 amide bonds. The predicted molar refractivity (Wildman–Crippen MR) is 47.2 cm³/mol. The Hall–Kier alpha value is -1.22. The molecular formula is C9H13NO2. The lowest BCUT2D eigenvalue weighted by molar-refractivity contribution is 0.447. The number of hydrogen-bond donors (Lipinski definition) is 3. The van der Waals surface area contributed by atoms with Gasteiger partial charge in [0.25, 0.3) is 0 Å². The zero-order chi connectivity index (χ0) is 9.14. The van der Waals surface area contributed by atoms with Gasteiger partial charge < -0.3 is 15.5 Å². The Labute approximate surface area is 71.7 Å². The third kappa shape index (κ3) is 1.89. The van der Waals surface area contributed by atoms with E-state index in [0.29, 0.717) is 0 Å². The minimum atomic E-state index is 0.0899. The molecule has 1 aromatic rings. The molecule has 1 atom stereocenters. The fraction of sp³-hybridized carbons (Fsp3) is 0.333. The molecule has 0 saturated carbocycles. The van der Waals surface area contributed by atoms with Crippen LogP contribution in [0.15, 0.2) is 18.2 Å². The van der Waals surface area contributed by atoms with Gasteiger partial charge in [-0.05, 0) is 31.7 Å². The van der Waals surface area contributed by atoms with Crippen molar-refractivity contribution in [3.05, 3.63) is 23.8 Å². The van der Waals surface area contributed by atoms with E-state index in [1.54, 1.807) is 12.1 Å². The first-order valence-electron chi connectivity index (χ1n) is 3.83. The van der Waals surface area contributed by atoms with Crippen molar-refractivity contribution in [2.45, 2.75) is 13.0 Å².